The molecule has 1 atom stereocenters. The van der Waals surface area contributed by atoms with Gasteiger partial charge in [-0.1, -0.05) is 41.9 Å². The van der Waals surface area contributed by atoms with Gasteiger partial charge < -0.3 is 5.32 Å². The molecule has 0 fully saturated rings. The maximum atomic E-state index is 5.96. The van der Waals surface area contributed by atoms with Crippen molar-refractivity contribution < 1.29 is 0 Å². The number of rotatable bonds is 4. The second kappa shape index (κ2) is 6.24. The lowest BCUT2D eigenvalue weighted by molar-refractivity contribution is 0.902. The summed E-state index contributed by atoms with van der Waals surface area (Å²) in [5, 5.41) is 3.38. The predicted octanol–water partition coefficient (Wildman–Crippen LogP) is 5.03. The van der Waals surface area contributed by atoms with Crippen LogP contribution in [0.1, 0.15) is 17.8 Å². The molecule has 0 aliphatic carbocycles. The molecule has 106 valence electrons. The van der Waals surface area contributed by atoms with Gasteiger partial charge in [0.25, 0.3) is 0 Å². The number of thiophene rings is 1. The lowest BCUT2D eigenvalue weighted by Crippen LogP contribution is -2.05. The van der Waals surface area contributed by atoms with Gasteiger partial charge in [0.15, 0.2) is 5.82 Å². The largest absolute Gasteiger partial charge is 0.375 e. The van der Waals surface area contributed by atoms with E-state index in [1.54, 1.807) is 23.7 Å². The van der Waals surface area contributed by atoms with Crippen LogP contribution in [0.2, 0.25) is 4.34 Å². The van der Waals surface area contributed by atoms with E-state index in [0.717, 1.165) is 21.4 Å². The zero-order valence-corrected chi connectivity index (χ0v) is 13.0. The van der Waals surface area contributed by atoms with E-state index in [4.69, 9.17) is 11.6 Å². The van der Waals surface area contributed by atoms with E-state index in [1.165, 1.54) is 4.88 Å². The molecule has 3 nitrogen and oxygen atoms in total. The third kappa shape index (κ3) is 3.40. The summed E-state index contributed by atoms with van der Waals surface area (Å²) in [5.41, 5.74) is 1.91. The van der Waals surface area contributed by atoms with Crippen LogP contribution in [0.25, 0.3) is 11.4 Å². The van der Waals surface area contributed by atoms with Crippen LogP contribution in [0.4, 0.5) is 5.69 Å². The highest BCUT2D eigenvalue weighted by atomic mass is 35.5. The Morgan fingerprint density at radius 1 is 1.05 bits per heavy atom. The Morgan fingerprint density at radius 2 is 1.76 bits per heavy atom. The van der Waals surface area contributed by atoms with E-state index in [-0.39, 0.29) is 6.04 Å². The van der Waals surface area contributed by atoms with Gasteiger partial charge in [0.05, 0.1) is 28.5 Å². The molecule has 0 saturated carbocycles. The van der Waals surface area contributed by atoms with Gasteiger partial charge in [-0.25, -0.2) is 9.97 Å². The van der Waals surface area contributed by atoms with Crippen LogP contribution in [0.3, 0.4) is 0 Å². The molecule has 1 unspecified atom stereocenters. The topological polar surface area (TPSA) is 37.8 Å². The molecule has 0 bridgehead atoms. The van der Waals surface area contributed by atoms with Gasteiger partial charge in [-0.2, -0.15) is 0 Å². The smallest absolute Gasteiger partial charge is 0.159 e. The van der Waals surface area contributed by atoms with Gasteiger partial charge in [0.2, 0.25) is 0 Å². The molecule has 5 heteroatoms. The molecular formula is C16H14ClN3S. The van der Waals surface area contributed by atoms with Crippen LogP contribution in [-0.2, 0) is 0 Å². The Bertz CT molecular complexity index is 710. The molecular weight excluding hydrogens is 302 g/mol. The summed E-state index contributed by atoms with van der Waals surface area (Å²) in [4.78, 5) is 10.00. The Balaban J connectivity index is 1.73. The monoisotopic (exact) mass is 315 g/mol. The Hall–Kier alpha value is -1.91. The summed E-state index contributed by atoms with van der Waals surface area (Å²) in [5.74, 6) is 0.730. The molecule has 1 aromatic carbocycles. The fraction of sp³-hybridized carbons (Fsp3) is 0.125. The van der Waals surface area contributed by atoms with Gasteiger partial charge in [-0.3, -0.25) is 0 Å². The van der Waals surface area contributed by atoms with E-state index >= 15 is 0 Å². The Kier molecular flexibility index (Phi) is 4.18. The lowest BCUT2D eigenvalue weighted by Gasteiger charge is -2.13. The van der Waals surface area contributed by atoms with Crippen LogP contribution >= 0.6 is 22.9 Å². The molecule has 21 heavy (non-hydrogen) atoms. The van der Waals surface area contributed by atoms with Crippen LogP contribution in [-0.4, -0.2) is 9.97 Å². The van der Waals surface area contributed by atoms with E-state index in [0.29, 0.717) is 0 Å². The second-order valence-corrected chi connectivity index (χ2v) is 6.42. The standard InChI is InChI=1S/C16H14ClN3S/c1-11(14-7-8-15(17)21-14)20-13-9-18-16(19-10-13)12-5-3-2-4-6-12/h2-11,20H,1H3. The van der Waals surface area contributed by atoms with E-state index < -0.39 is 0 Å². The van der Waals surface area contributed by atoms with Crippen molar-refractivity contribution in [2.45, 2.75) is 13.0 Å². The number of benzene rings is 1. The molecule has 0 aliphatic heterocycles. The molecule has 2 aromatic heterocycles. The van der Waals surface area contributed by atoms with Crippen molar-refractivity contribution >= 4 is 28.6 Å². The quantitative estimate of drug-likeness (QED) is 0.733. The first-order valence-electron chi connectivity index (χ1n) is 6.61. The van der Waals surface area contributed by atoms with Crippen LogP contribution in [0, 0.1) is 0 Å². The summed E-state index contributed by atoms with van der Waals surface area (Å²) >= 11 is 7.54. The molecule has 0 radical (unpaired) electrons. The zero-order valence-electron chi connectivity index (χ0n) is 11.5. The number of nitrogens with one attached hydrogen (secondary N) is 1. The first kappa shape index (κ1) is 14.0. The molecule has 3 aromatic rings. The number of nitrogens with zero attached hydrogens (tertiary/aromatic N) is 2. The summed E-state index contributed by atoms with van der Waals surface area (Å²) in [6.07, 6.45) is 3.61. The summed E-state index contributed by atoms with van der Waals surface area (Å²) in [7, 11) is 0. The number of hydrogen-bond donors (Lipinski definition) is 1. The predicted molar refractivity (Wildman–Crippen MR) is 88.8 cm³/mol. The van der Waals surface area contributed by atoms with Gasteiger partial charge in [0, 0.05) is 10.4 Å². The molecule has 0 saturated heterocycles. The van der Waals surface area contributed by atoms with Crippen molar-refractivity contribution in [3.05, 3.63) is 64.1 Å². The summed E-state index contributed by atoms with van der Waals surface area (Å²) in [6.45, 7) is 2.09. The number of halogens is 1. The number of aromatic nitrogens is 2. The SMILES string of the molecule is CC(Nc1cnc(-c2ccccc2)nc1)c1ccc(Cl)s1. The van der Waals surface area contributed by atoms with Crippen molar-refractivity contribution in [3.63, 3.8) is 0 Å². The highest BCUT2D eigenvalue weighted by molar-refractivity contribution is 7.16. The van der Waals surface area contributed by atoms with Crippen molar-refractivity contribution in [1.82, 2.24) is 9.97 Å². The maximum Gasteiger partial charge on any atom is 0.159 e. The fourth-order valence-electron chi connectivity index (χ4n) is 2.02. The van der Waals surface area contributed by atoms with E-state index in [9.17, 15) is 0 Å². The molecule has 0 amide bonds. The minimum Gasteiger partial charge on any atom is -0.375 e. The highest BCUT2D eigenvalue weighted by Gasteiger charge is 2.09. The average molecular weight is 316 g/mol. The van der Waals surface area contributed by atoms with E-state index in [1.807, 2.05) is 42.5 Å². The molecule has 0 aliphatic rings. The first-order valence-corrected chi connectivity index (χ1v) is 7.81. The number of hydrogen-bond acceptors (Lipinski definition) is 4. The lowest BCUT2D eigenvalue weighted by atomic mass is 10.2. The second-order valence-electron chi connectivity index (χ2n) is 4.67. The Labute approximate surface area is 132 Å². The van der Waals surface area contributed by atoms with Crippen molar-refractivity contribution in [3.8, 4) is 11.4 Å². The van der Waals surface area contributed by atoms with Crippen LogP contribution in [0.5, 0.6) is 0 Å². The Morgan fingerprint density at radius 3 is 2.38 bits per heavy atom. The van der Waals surface area contributed by atoms with Gasteiger partial charge >= 0.3 is 0 Å². The van der Waals surface area contributed by atoms with E-state index in [2.05, 4.69) is 22.2 Å². The molecule has 1 N–H and O–H groups in total. The first-order chi connectivity index (χ1) is 10.2. The molecule has 3 rings (SSSR count). The van der Waals surface area contributed by atoms with Crippen molar-refractivity contribution in [1.29, 1.82) is 0 Å². The third-order valence-corrected chi connectivity index (χ3v) is 4.50. The summed E-state index contributed by atoms with van der Waals surface area (Å²) in [6, 6.07) is 14.1. The maximum absolute atomic E-state index is 5.96. The average Bonchev–Trinajstić information content (AvgIpc) is 2.96. The van der Waals surface area contributed by atoms with Crippen molar-refractivity contribution in [2.24, 2.45) is 0 Å². The van der Waals surface area contributed by atoms with Crippen LogP contribution in [0.15, 0.2) is 54.9 Å². The third-order valence-electron chi connectivity index (χ3n) is 3.09. The molecule has 0 spiro atoms. The minimum atomic E-state index is 0.175. The highest BCUT2D eigenvalue weighted by Crippen LogP contribution is 2.28. The van der Waals surface area contributed by atoms with Crippen LogP contribution < -0.4 is 5.32 Å². The molecule has 2 heterocycles. The minimum absolute atomic E-state index is 0.175. The van der Waals surface area contributed by atoms with Gasteiger partial charge in [0.1, 0.15) is 0 Å². The van der Waals surface area contributed by atoms with Gasteiger partial charge in [-0.05, 0) is 19.1 Å². The number of anilines is 1. The fourth-order valence-corrected chi connectivity index (χ4v) is 3.08. The normalized spacial score (nSPS) is 12.1. The van der Waals surface area contributed by atoms with Crippen molar-refractivity contribution in [2.75, 3.05) is 5.32 Å². The summed E-state index contributed by atoms with van der Waals surface area (Å²) < 4.78 is 0.800. The zero-order chi connectivity index (χ0) is 14.7. The van der Waals surface area contributed by atoms with Gasteiger partial charge in [-0.15, -0.1) is 11.3 Å².